The van der Waals surface area contributed by atoms with Gasteiger partial charge in [0.25, 0.3) is 0 Å². The van der Waals surface area contributed by atoms with Crippen molar-refractivity contribution in [3.63, 3.8) is 0 Å². The third-order valence-electron chi connectivity index (χ3n) is 5.15. The van der Waals surface area contributed by atoms with Gasteiger partial charge in [-0.15, -0.1) is 0 Å². The van der Waals surface area contributed by atoms with Crippen molar-refractivity contribution in [1.29, 1.82) is 0 Å². The van der Waals surface area contributed by atoms with E-state index in [-0.39, 0.29) is 13.2 Å². The number of oxazole rings is 1. The number of aliphatic carboxylic acids is 1. The number of rotatable bonds is 10. The molecule has 1 N–H and O–H groups in total. The molecule has 0 radical (unpaired) electrons. The summed E-state index contributed by atoms with van der Waals surface area (Å²) in [6.07, 6.45) is -0.0606. The minimum absolute atomic E-state index is 0.0693. The lowest BCUT2D eigenvalue weighted by Gasteiger charge is -2.26. The Bertz CT molecular complexity index is 1060. The highest BCUT2D eigenvalue weighted by molar-refractivity contribution is 5.79. The molecule has 0 bridgehead atoms. The molecular formula is C25H28N2O6. The Morgan fingerprint density at radius 2 is 1.76 bits per heavy atom. The van der Waals surface area contributed by atoms with Crippen LogP contribution in [0.2, 0.25) is 0 Å². The Balaban J connectivity index is 1.58. The number of hydrogen-bond donors (Lipinski definition) is 1. The van der Waals surface area contributed by atoms with Gasteiger partial charge < -0.3 is 19.0 Å². The number of carbonyl (C=O) groups excluding carboxylic acids is 1. The molecule has 1 amide bonds. The van der Waals surface area contributed by atoms with Crippen molar-refractivity contribution in [2.24, 2.45) is 0 Å². The molecule has 3 rings (SSSR count). The molecule has 0 fully saturated rings. The first-order valence-electron chi connectivity index (χ1n) is 10.7. The topological polar surface area (TPSA) is 102 Å². The zero-order valence-corrected chi connectivity index (χ0v) is 19.0. The van der Waals surface area contributed by atoms with Gasteiger partial charge in [-0.2, -0.15) is 0 Å². The van der Waals surface area contributed by atoms with E-state index in [1.165, 1.54) is 11.8 Å². The van der Waals surface area contributed by atoms with Crippen LogP contribution in [-0.4, -0.2) is 39.7 Å². The maximum atomic E-state index is 12.6. The molecular weight excluding hydrogens is 424 g/mol. The van der Waals surface area contributed by atoms with E-state index >= 15 is 0 Å². The second kappa shape index (κ2) is 11.2. The number of nitrogens with zero attached hydrogens (tertiary/aromatic N) is 2. The molecule has 174 valence electrons. The van der Waals surface area contributed by atoms with E-state index in [0.29, 0.717) is 24.7 Å². The van der Waals surface area contributed by atoms with Crippen LogP contribution in [0.3, 0.4) is 0 Å². The van der Waals surface area contributed by atoms with Crippen LogP contribution < -0.4 is 4.74 Å². The molecule has 8 nitrogen and oxygen atoms in total. The fraction of sp³-hybridized carbons (Fsp3) is 0.320. The minimum atomic E-state index is -1.11. The summed E-state index contributed by atoms with van der Waals surface area (Å²) in [5.74, 6) is 0.985. The third kappa shape index (κ3) is 6.83. The molecule has 1 aromatic heterocycles. The van der Waals surface area contributed by atoms with Gasteiger partial charge in [-0.05, 0) is 37.1 Å². The molecule has 2 aromatic carbocycles. The smallest absolute Gasteiger partial charge is 0.411 e. The second-order valence-electron chi connectivity index (χ2n) is 7.66. The molecule has 1 atom stereocenters. The summed E-state index contributed by atoms with van der Waals surface area (Å²) >= 11 is 0. The average Bonchev–Trinajstić information content (AvgIpc) is 3.13. The Morgan fingerprint density at radius 3 is 2.36 bits per heavy atom. The van der Waals surface area contributed by atoms with Gasteiger partial charge in [0.2, 0.25) is 0 Å². The molecule has 0 unspecified atom stereocenters. The summed E-state index contributed by atoms with van der Waals surface area (Å²) in [6.45, 7) is 5.75. The first-order valence-corrected chi connectivity index (χ1v) is 10.7. The standard InChI is InChI=1S/C25H28N2O6/c1-17(24(28)29)27(25(30)32-16-21-7-5-4-6-8-21)15-20-9-11-22(12-10-20)31-14-13-23-18(2)33-19(3)26-23/h4-12,17H,13-16H2,1-3H3,(H,28,29)/t17-/m0/s1. The van der Waals surface area contributed by atoms with Gasteiger partial charge in [0.15, 0.2) is 5.89 Å². The van der Waals surface area contributed by atoms with Gasteiger partial charge in [0, 0.05) is 19.9 Å². The molecule has 3 aromatic rings. The fourth-order valence-corrected chi connectivity index (χ4v) is 3.25. The number of aromatic nitrogens is 1. The Hall–Kier alpha value is -3.81. The number of carboxylic acids is 1. The quantitative estimate of drug-likeness (QED) is 0.482. The fourth-order valence-electron chi connectivity index (χ4n) is 3.25. The highest BCUT2D eigenvalue weighted by atomic mass is 16.6. The van der Waals surface area contributed by atoms with Crippen molar-refractivity contribution >= 4 is 12.1 Å². The zero-order chi connectivity index (χ0) is 23.8. The number of hydrogen-bond acceptors (Lipinski definition) is 6. The third-order valence-corrected chi connectivity index (χ3v) is 5.15. The van der Waals surface area contributed by atoms with E-state index in [4.69, 9.17) is 13.9 Å². The van der Waals surface area contributed by atoms with E-state index < -0.39 is 18.1 Å². The second-order valence-corrected chi connectivity index (χ2v) is 7.66. The Morgan fingerprint density at radius 1 is 1.06 bits per heavy atom. The molecule has 0 aliphatic heterocycles. The molecule has 0 saturated carbocycles. The van der Waals surface area contributed by atoms with Gasteiger partial charge in [0.05, 0.1) is 12.3 Å². The lowest BCUT2D eigenvalue weighted by molar-refractivity contribution is -0.142. The van der Waals surface area contributed by atoms with Crippen molar-refractivity contribution in [1.82, 2.24) is 9.88 Å². The minimum Gasteiger partial charge on any atom is -0.493 e. The first-order chi connectivity index (χ1) is 15.8. The van der Waals surface area contributed by atoms with Gasteiger partial charge in [-0.1, -0.05) is 42.5 Å². The number of aryl methyl sites for hydroxylation is 2. The largest absolute Gasteiger partial charge is 0.493 e. The predicted octanol–water partition coefficient (Wildman–Crippen LogP) is 4.52. The number of amides is 1. The Labute approximate surface area is 192 Å². The number of benzene rings is 2. The first kappa shape index (κ1) is 23.8. The van der Waals surface area contributed by atoms with E-state index in [1.54, 1.807) is 24.3 Å². The number of ether oxygens (including phenoxy) is 2. The molecule has 8 heteroatoms. The lowest BCUT2D eigenvalue weighted by Crippen LogP contribution is -2.43. The van der Waals surface area contributed by atoms with Crippen molar-refractivity contribution in [2.45, 2.75) is 46.4 Å². The number of carbonyl (C=O) groups is 2. The maximum Gasteiger partial charge on any atom is 0.411 e. The normalized spacial score (nSPS) is 11.6. The van der Waals surface area contributed by atoms with Gasteiger partial charge >= 0.3 is 12.1 Å². The van der Waals surface area contributed by atoms with E-state index in [2.05, 4.69) is 4.98 Å². The SMILES string of the molecule is Cc1nc(CCOc2ccc(CN(C(=O)OCc3ccccc3)[C@@H](C)C(=O)O)cc2)c(C)o1. The molecule has 33 heavy (non-hydrogen) atoms. The molecule has 0 saturated heterocycles. The highest BCUT2D eigenvalue weighted by Gasteiger charge is 2.27. The van der Waals surface area contributed by atoms with Crippen LogP contribution >= 0.6 is 0 Å². The monoisotopic (exact) mass is 452 g/mol. The molecule has 0 aliphatic rings. The van der Waals surface area contributed by atoms with Crippen LogP contribution in [0.5, 0.6) is 5.75 Å². The van der Waals surface area contributed by atoms with Crippen LogP contribution in [-0.2, 0) is 29.1 Å². The molecule has 0 aliphatic carbocycles. The van der Waals surface area contributed by atoms with Gasteiger partial charge in [0.1, 0.15) is 24.2 Å². The van der Waals surface area contributed by atoms with E-state index in [1.807, 2.05) is 44.2 Å². The summed E-state index contributed by atoms with van der Waals surface area (Å²) in [5.41, 5.74) is 2.46. The van der Waals surface area contributed by atoms with Crippen LogP contribution in [0, 0.1) is 13.8 Å². The summed E-state index contributed by atoms with van der Waals surface area (Å²) in [4.78, 5) is 29.7. The van der Waals surface area contributed by atoms with E-state index in [0.717, 1.165) is 22.6 Å². The summed E-state index contributed by atoms with van der Waals surface area (Å²) in [7, 11) is 0. The van der Waals surface area contributed by atoms with Crippen LogP contribution in [0.15, 0.2) is 59.0 Å². The van der Waals surface area contributed by atoms with Gasteiger partial charge in [-0.25, -0.2) is 14.6 Å². The zero-order valence-electron chi connectivity index (χ0n) is 19.0. The molecule has 0 spiro atoms. The number of carboxylic acid groups (broad SMARTS) is 1. The van der Waals surface area contributed by atoms with Crippen molar-refractivity contribution in [3.8, 4) is 5.75 Å². The van der Waals surface area contributed by atoms with Crippen molar-refractivity contribution < 1.29 is 28.6 Å². The summed E-state index contributed by atoms with van der Waals surface area (Å²) in [5, 5.41) is 9.44. The maximum absolute atomic E-state index is 12.6. The highest BCUT2D eigenvalue weighted by Crippen LogP contribution is 2.17. The Kier molecular flexibility index (Phi) is 8.07. The molecule has 1 heterocycles. The van der Waals surface area contributed by atoms with Crippen molar-refractivity contribution in [3.05, 3.63) is 83.1 Å². The van der Waals surface area contributed by atoms with Gasteiger partial charge in [-0.3, -0.25) is 4.90 Å². The van der Waals surface area contributed by atoms with Crippen LogP contribution in [0.25, 0.3) is 0 Å². The average molecular weight is 453 g/mol. The van der Waals surface area contributed by atoms with Crippen LogP contribution in [0.4, 0.5) is 4.79 Å². The van der Waals surface area contributed by atoms with Crippen molar-refractivity contribution in [2.75, 3.05) is 6.61 Å². The summed E-state index contributed by atoms with van der Waals surface area (Å²) < 4.78 is 16.5. The predicted molar refractivity (Wildman–Crippen MR) is 121 cm³/mol. The summed E-state index contributed by atoms with van der Waals surface area (Å²) in [6, 6.07) is 15.4. The van der Waals surface area contributed by atoms with Crippen LogP contribution in [0.1, 0.15) is 35.4 Å². The lowest BCUT2D eigenvalue weighted by atomic mass is 10.2. The van der Waals surface area contributed by atoms with E-state index in [9.17, 15) is 14.7 Å².